The Morgan fingerprint density at radius 3 is 2.62 bits per heavy atom. The summed E-state index contributed by atoms with van der Waals surface area (Å²) >= 11 is 0. The van der Waals surface area contributed by atoms with Gasteiger partial charge in [-0.1, -0.05) is 0 Å². The van der Waals surface area contributed by atoms with Crippen molar-refractivity contribution < 1.29 is 19.2 Å². The molecule has 0 heterocycles. The van der Waals surface area contributed by atoms with Gasteiger partial charge in [0.1, 0.15) is 11.2 Å². The number of nitro benzene ring substituents is 1. The average molecular weight is 360 g/mol. The Morgan fingerprint density at radius 2 is 2.12 bits per heavy atom. The van der Waals surface area contributed by atoms with E-state index in [1.165, 1.54) is 12.1 Å². The fourth-order valence-electron chi connectivity index (χ4n) is 2.60. The number of carbonyl (C=O) groups excluding carboxylic acids is 2. The minimum atomic E-state index is -0.977. The summed E-state index contributed by atoms with van der Waals surface area (Å²) in [5, 5.41) is 22.9. The molecule has 1 atom stereocenters. The SMILES string of the molecule is CN(C)c1ccc(C(=O)OCC(=O)N[C@](C)(C#N)C2CC2)cc1[N+](=O)[O-]. The van der Waals surface area contributed by atoms with Crippen molar-refractivity contribution in [3.8, 4) is 6.07 Å². The molecular weight excluding hydrogens is 340 g/mol. The van der Waals surface area contributed by atoms with E-state index >= 15 is 0 Å². The minimum absolute atomic E-state index is 0.0275. The molecule has 0 aromatic heterocycles. The number of carbonyl (C=O) groups is 2. The number of rotatable bonds is 7. The zero-order valence-electron chi connectivity index (χ0n) is 14.8. The zero-order valence-corrected chi connectivity index (χ0v) is 14.8. The number of benzene rings is 1. The Morgan fingerprint density at radius 1 is 1.46 bits per heavy atom. The quantitative estimate of drug-likeness (QED) is 0.445. The molecule has 1 aromatic rings. The zero-order chi connectivity index (χ0) is 19.5. The number of esters is 1. The van der Waals surface area contributed by atoms with E-state index in [2.05, 4.69) is 11.4 Å². The van der Waals surface area contributed by atoms with Crippen molar-refractivity contribution >= 4 is 23.3 Å². The van der Waals surface area contributed by atoms with Crippen molar-refractivity contribution in [1.82, 2.24) is 5.32 Å². The van der Waals surface area contributed by atoms with Gasteiger partial charge in [-0.15, -0.1) is 0 Å². The molecule has 9 heteroatoms. The van der Waals surface area contributed by atoms with E-state index in [1.54, 1.807) is 25.9 Å². The lowest BCUT2D eigenvalue weighted by atomic mass is 9.98. The topological polar surface area (TPSA) is 126 Å². The standard InChI is InChI=1S/C17H20N4O5/c1-17(10-18,12-5-6-12)19-15(22)9-26-16(23)11-4-7-13(20(2)3)14(8-11)21(24)25/h4,7-8,12H,5-6,9H2,1-3H3,(H,19,22)/t17-/m1/s1. The molecule has 0 radical (unpaired) electrons. The van der Waals surface area contributed by atoms with E-state index in [1.807, 2.05) is 0 Å². The number of hydrogen-bond acceptors (Lipinski definition) is 7. The van der Waals surface area contributed by atoms with E-state index in [-0.39, 0.29) is 17.2 Å². The van der Waals surface area contributed by atoms with E-state index in [4.69, 9.17) is 4.74 Å². The summed E-state index contributed by atoms with van der Waals surface area (Å²) in [5.41, 5.74) is -0.895. The van der Waals surface area contributed by atoms with Crippen LogP contribution in [-0.2, 0) is 9.53 Å². The molecule has 1 aromatic carbocycles. The van der Waals surface area contributed by atoms with Crippen molar-refractivity contribution in [2.75, 3.05) is 25.6 Å². The minimum Gasteiger partial charge on any atom is -0.452 e. The first-order valence-electron chi connectivity index (χ1n) is 8.03. The molecule has 0 aliphatic heterocycles. The second-order valence-electron chi connectivity index (χ2n) is 6.57. The maximum Gasteiger partial charge on any atom is 0.338 e. The summed E-state index contributed by atoms with van der Waals surface area (Å²) in [6, 6.07) is 6.02. The first kappa shape index (κ1) is 19.2. The first-order chi connectivity index (χ1) is 12.2. The Balaban J connectivity index is 2.01. The molecule has 0 bridgehead atoms. The summed E-state index contributed by atoms with van der Waals surface area (Å²) < 4.78 is 4.92. The molecular formula is C17H20N4O5. The largest absolute Gasteiger partial charge is 0.452 e. The molecule has 1 amide bonds. The van der Waals surface area contributed by atoms with Gasteiger partial charge in [0.15, 0.2) is 6.61 Å². The number of anilines is 1. The molecule has 0 saturated heterocycles. The fraction of sp³-hybridized carbons (Fsp3) is 0.471. The molecule has 1 aliphatic rings. The second-order valence-corrected chi connectivity index (χ2v) is 6.57. The highest BCUT2D eigenvalue weighted by Gasteiger charge is 2.43. The average Bonchev–Trinajstić information content (AvgIpc) is 3.44. The van der Waals surface area contributed by atoms with Gasteiger partial charge in [0.2, 0.25) is 0 Å². The van der Waals surface area contributed by atoms with Gasteiger partial charge in [-0.25, -0.2) is 4.79 Å². The first-order valence-corrected chi connectivity index (χ1v) is 8.03. The normalized spacial score (nSPS) is 15.3. The van der Waals surface area contributed by atoms with Crippen LogP contribution in [0.2, 0.25) is 0 Å². The van der Waals surface area contributed by atoms with Gasteiger partial charge in [0, 0.05) is 20.2 Å². The molecule has 2 rings (SSSR count). The third-order valence-electron chi connectivity index (χ3n) is 4.25. The highest BCUT2D eigenvalue weighted by atomic mass is 16.6. The Labute approximate surface area is 150 Å². The van der Waals surface area contributed by atoms with Crippen LogP contribution in [-0.4, -0.2) is 43.0 Å². The predicted molar refractivity (Wildman–Crippen MR) is 92.6 cm³/mol. The van der Waals surface area contributed by atoms with Crippen molar-refractivity contribution in [2.24, 2.45) is 5.92 Å². The van der Waals surface area contributed by atoms with Crippen LogP contribution >= 0.6 is 0 Å². The highest BCUT2D eigenvalue weighted by Crippen LogP contribution is 2.39. The number of nitrogens with zero attached hydrogens (tertiary/aromatic N) is 3. The second kappa shape index (κ2) is 7.39. The van der Waals surface area contributed by atoms with Gasteiger partial charge in [-0.3, -0.25) is 14.9 Å². The predicted octanol–water partition coefficient (Wildman–Crippen LogP) is 1.63. The molecule has 0 spiro atoms. The lowest BCUT2D eigenvalue weighted by molar-refractivity contribution is -0.384. The van der Waals surface area contributed by atoms with Crippen LogP contribution in [0.3, 0.4) is 0 Å². The van der Waals surface area contributed by atoms with Crippen LogP contribution in [0.5, 0.6) is 0 Å². The summed E-state index contributed by atoms with van der Waals surface area (Å²) in [6.45, 7) is 1.07. The monoisotopic (exact) mass is 360 g/mol. The number of nitriles is 1. The molecule has 26 heavy (non-hydrogen) atoms. The smallest absolute Gasteiger partial charge is 0.338 e. The van der Waals surface area contributed by atoms with Crippen LogP contribution in [0.25, 0.3) is 0 Å². The lowest BCUT2D eigenvalue weighted by Gasteiger charge is -2.22. The Hall–Kier alpha value is -3.15. The van der Waals surface area contributed by atoms with E-state index < -0.39 is 28.9 Å². The third kappa shape index (κ3) is 4.27. The molecule has 1 fully saturated rings. The van der Waals surface area contributed by atoms with E-state index in [0.29, 0.717) is 5.69 Å². The summed E-state index contributed by atoms with van der Waals surface area (Å²) in [7, 11) is 3.30. The number of ether oxygens (including phenoxy) is 1. The highest BCUT2D eigenvalue weighted by molar-refractivity contribution is 5.93. The molecule has 1 saturated carbocycles. The molecule has 1 N–H and O–H groups in total. The van der Waals surface area contributed by atoms with Gasteiger partial charge in [-0.05, 0) is 37.8 Å². The summed E-state index contributed by atoms with van der Waals surface area (Å²) in [6.07, 6.45) is 1.73. The van der Waals surface area contributed by atoms with Crippen molar-refractivity contribution in [3.63, 3.8) is 0 Å². The number of amides is 1. The van der Waals surface area contributed by atoms with Crippen molar-refractivity contribution in [2.45, 2.75) is 25.3 Å². The van der Waals surface area contributed by atoms with E-state index in [0.717, 1.165) is 18.9 Å². The van der Waals surface area contributed by atoms with Crippen molar-refractivity contribution in [1.29, 1.82) is 5.26 Å². The van der Waals surface area contributed by atoms with Crippen LogP contribution in [0.15, 0.2) is 18.2 Å². The van der Waals surface area contributed by atoms with Crippen LogP contribution in [0, 0.1) is 27.4 Å². The van der Waals surface area contributed by atoms with E-state index in [9.17, 15) is 25.0 Å². The summed E-state index contributed by atoms with van der Waals surface area (Å²) in [4.78, 5) is 36.2. The number of nitro groups is 1. The van der Waals surface area contributed by atoms with Gasteiger partial charge in [-0.2, -0.15) is 5.26 Å². The van der Waals surface area contributed by atoms with Crippen LogP contribution in [0.4, 0.5) is 11.4 Å². The maximum atomic E-state index is 12.1. The van der Waals surface area contributed by atoms with Crippen LogP contribution in [0.1, 0.15) is 30.1 Å². The Kier molecular flexibility index (Phi) is 5.45. The van der Waals surface area contributed by atoms with Gasteiger partial charge < -0.3 is 15.0 Å². The number of nitrogens with one attached hydrogen (secondary N) is 1. The van der Waals surface area contributed by atoms with Crippen LogP contribution < -0.4 is 10.2 Å². The number of hydrogen-bond donors (Lipinski definition) is 1. The molecule has 0 unspecified atom stereocenters. The molecule has 1 aliphatic carbocycles. The fourth-order valence-corrected chi connectivity index (χ4v) is 2.60. The van der Waals surface area contributed by atoms with Crippen molar-refractivity contribution in [3.05, 3.63) is 33.9 Å². The van der Waals surface area contributed by atoms with Gasteiger partial charge in [0.05, 0.1) is 16.6 Å². The Bertz CT molecular complexity index is 782. The van der Waals surface area contributed by atoms with Gasteiger partial charge >= 0.3 is 5.97 Å². The maximum absolute atomic E-state index is 12.1. The molecule has 9 nitrogen and oxygen atoms in total. The third-order valence-corrected chi connectivity index (χ3v) is 4.25. The lowest BCUT2D eigenvalue weighted by Crippen LogP contribution is -2.48. The molecule has 138 valence electrons. The van der Waals surface area contributed by atoms with Gasteiger partial charge in [0.25, 0.3) is 11.6 Å². The summed E-state index contributed by atoms with van der Waals surface area (Å²) in [5.74, 6) is -1.33.